The summed E-state index contributed by atoms with van der Waals surface area (Å²) in [5.74, 6) is 0.112. The quantitative estimate of drug-likeness (QED) is 0.596. The summed E-state index contributed by atoms with van der Waals surface area (Å²) < 4.78 is 8.47. The Balaban J connectivity index is 2.32. The highest BCUT2D eigenvalue weighted by molar-refractivity contribution is 8.00. The van der Waals surface area contributed by atoms with Crippen LogP contribution in [0.5, 0.6) is 0 Å². The van der Waals surface area contributed by atoms with Gasteiger partial charge < -0.3 is 15.9 Å². The summed E-state index contributed by atoms with van der Waals surface area (Å²) >= 11 is 1.19. The SMILES string of the molecule is [2H]C[C@H]1S[C@@H](n2ccc(N)nc2=O)[C@H](O)[C@@H]1O. The highest BCUT2D eigenvalue weighted by Crippen LogP contribution is 2.40. The van der Waals surface area contributed by atoms with E-state index in [-0.39, 0.29) is 12.7 Å². The van der Waals surface area contributed by atoms with Crippen molar-refractivity contribution in [1.82, 2.24) is 9.55 Å². The zero-order valence-corrected chi connectivity index (χ0v) is 9.17. The number of hydrogen-bond acceptors (Lipinski definition) is 6. The van der Waals surface area contributed by atoms with E-state index in [1.807, 2.05) is 0 Å². The van der Waals surface area contributed by atoms with E-state index in [0.717, 1.165) is 0 Å². The standard InChI is InChI=1S/C9H13N3O3S/c1-4-6(13)7(14)8(16-4)12-3-2-5(10)11-9(12)15/h2-4,6-8,13-14H,1H3,(H2,10,11,15)/t4-,6-,7-,8-/m1/s1/i1D. The summed E-state index contributed by atoms with van der Waals surface area (Å²) in [5.41, 5.74) is 4.80. The molecule has 0 radical (unpaired) electrons. The van der Waals surface area contributed by atoms with Gasteiger partial charge in [-0.25, -0.2) is 4.79 Å². The molecule has 0 aromatic carbocycles. The average molecular weight is 244 g/mol. The summed E-state index contributed by atoms with van der Waals surface area (Å²) in [6, 6.07) is 1.45. The van der Waals surface area contributed by atoms with Gasteiger partial charge in [-0.15, -0.1) is 11.8 Å². The van der Waals surface area contributed by atoms with Gasteiger partial charge in [-0.1, -0.05) is 6.90 Å². The molecule has 1 aromatic rings. The molecule has 0 saturated carbocycles. The smallest absolute Gasteiger partial charge is 0.350 e. The van der Waals surface area contributed by atoms with E-state index >= 15 is 0 Å². The number of aliphatic hydroxyl groups is 2. The summed E-state index contributed by atoms with van der Waals surface area (Å²) in [4.78, 5) is 15.2. The third kappa shape index (κ3) is 1.81. The van der Waals surface area contributed by atoms with Crippen LogP contribution in [0.25, 0.3) is 0 Å². The number of thioether (sulfide) groups is 1. The van der Waals surface area contributed by atoms with Gasteiger partial charge in [-0.2, -0.15) is 4.98 Å². The molecule has 0 amide bonds. The van der Waals surface area contributed by atoms with Crippen LogP contribution in [-0.2, 0) is 0 Å². The van der Waals surface area contributed by atoms with Crippen molar-refractivity contribution in [2.45, 2.75) is 29.7 Å². The van der Waals surface area contributed by atoms with Crippen LogP contribution in [0, 0.1) is 0 Å². The Morgan fingerprint density at radius 2 is 2.38 bits per heavy atom. The van der Waals surface area contributed by atoms with E-state index in [4.69, 9.17) is 7.10 Å². The maximum atomic E-state index is 11.6. The topological polar surface area (TPSA) is 101 Å². The summed E-state index contributed by atoms with van der Waals surface area (Å²) in [6.07, 6.45) is -0.657. The fraction of sp³-hybridized carbons (Fsp3) is 0.556. The maximum absolute atomic E-state index is 11.6. The monoisotopic (exact) mass is 244 g/mol. The molecule has 1 aliphatic heterocycles. The predicted molar refractivity (Wildman–Crippen MR) is 61.0 cm³/mol. The lowest BCUT2D eigenvalue weighted by molar-refractivity contribution is 0.0193. The molecule has 0 bridgehead atoms. The van der Waals surface area contributed by atoms with Crippen molar-refractivity contribution < 1.29 is 11.6 Å². The van der Waals surface area contributed by atoms with E-state index in [1.54, 1.807) is 0 Å². The number of nitrogen functional groups attached to an aromatic ring is 1. The second-order valence-corrected chi connectivity index (χ2v) is 4.95. The van der Waals surface area contributed by atoms with Crippen LogP contribution in [0.15, 0.2) is 17.1 Å². The van der Waals surface area contributed by atoms with Crippen LogP contribution in [-0.4, -0.2) is 37.2 Å². The molecule has 1 fully saturated rings. The van der Waals surface area contributed by atoms with Gasteiger partial charge in [0.15, 0.2) is 0 Å². The summed E-state index contributed by atoms with van der Waals surface area (Å²) in [5, 5.41) is 18.5. The molecule has 6 nitrogen and oxygen atoms in total. The van der Waals surface area contributed by atoms with Crippen LogP contribution in [0.3, 0.4) is 0 Å². The number of nitrogens with two attached hydrogens (primary N) is 1. The van der Waals surface area contributed by atoms with Crippen molar-refractivity contribution in [1.29, 1.82) is 0 Å². The lowest BCUT2D eigenvalue weighted by atomic mass is 10.1. The molecule has 88 valence electrons. The minimum absolute atomic E-state index is 0.0173. The van der Waals surface area contributed by atoms with Crippen molar-refractivity contribution in [2.24, 2.45) is 0 Å². The normalized spacial score (nSPS) is 35.0. The lowest BCUT2D eigenvalue weighted by Crippen LogP contribution is -2.34. The molecular formula is C9H13N3O3S. The first-order valence-electron chi connectivity index (χ1n) is 5.41. The fourth-order valence-electron chi connectivity index (χ4n) is 1.58. The highest BCUT2D eigenvalue weighted by atomic mass is 32.2. The molecule has 4 atom stereocenters. The second-order valence-electron chi connectivity index (χ2n) is 3.59. The molecule has 0 spiro atoms. The molecule has 16 heavy (non-hydrogen) atoms. The third-order valence-corrected chi connectivity index (χ3v) is 3.88. The minimum atomic E-state index is -1.08. The summed E-state index contributed by atoms with van der Waals surface area (Å²) in [7, 11) is 0. The number of rotatable bonds is 1. The molecule has 4 N–H and O–H groups in total. The number of aromatic nitrogens is 2. The van der Waals surface area contributed by atoms with Gasteiger partial charge in [0, 0.05) is 12.8 Å². The van der Waals surface area contributed by atoms with Crippen LogP contribution in [0.1, 0.15) is 13.6 Å². The zero-order chi connectivity index (χ0) is 12.6. The van der Waals surface area contributed by atoms with E-state index in [1.165, 1.54) is 28.6 Å². The third-order valence-electron chi connectivity index (χ3n) is 2.46. The van der Waals surface area contributed by atoms with Crippen molar-refractivity contribution in [2.75, 3.05) is 5.73 Å². The second kappa shape index (κ2) is 4.08. The zero-order valence-electron chi connectivity index (χ0n) is 9.35. The maximum Gasteiger partial charge on any atom is 0.350 e. The van der Waals surface area contributed by atoms with Crippen LogP contribution < -0.4 is 11.4 Å². The molecular weight excluding hydrogens is 230 g/mol. The molecule has 1 aliphatic rings. The molecule has 2 heterocycles. The Morgan fingerprint density at radius 1 is 1.62 bits per heavy atom. The van der Waals surface area contributed by atoms with Crippen molar-refractivity contribution in [3.63, 3.8) is 0 Å². The Morgan fingerprint density at radius 3 is 2.94 bits per heavy atom. The van der Waals surface area contributed by atoms with Crippen molar-refractivity contribution in [3.8, 4) is 0 Å². The molecule has 2 rings (SSSR count). The number of aliphatic hydroxyl groups excluding tert-OH is 2. The Labute approximate surface area is 97.5 Å². The molecule has 1 aromatic heterocycles. The van der Waals surface area contributed by atoms with Crippen LogP contribution >= 0.6 is 11.8 Å². The van der Waals surface area contributed by atoms with Gasteiger partial charge >= 0.3 is 5.69 Å². The first kappa shape index (κ1) is 10.1. The number of hydrogen-bond donors (Lipinski definition) is 3. The van der Waals surface area contributed by atoms with Gasteiger partial charge in [-0.3, -0.25) is 4.57 Å². The van der Waals surface area contributed by atoms with Gasteiger partial charge in [0.05, 0.1) is 6.10 Å². The molecule has 1 saturated heterocycles. The van der Waals surface area contributed by atoms with Crippen LogP contribution in [0.2, 0.25) is 0 Å². The summed E-state index contributed by atoms with van der Waals surface area (Å²) in [6.45, 7) is -0.0173. The fourth-order valence-corrected chi connectivity index (χ4v) is 2.87. The highest BCUT2D eigenvalue weighted by Gasteiger charge is 2.41. The van der Waals surface area contributed by atoms with Gasteiger partial charge in [0.1, 0.15) is 17.3 Å². The van der Waals surface area contributed by atoms with Gasteiger partial charge in [0.2, 0.25) is 0 Å². The first-order chi connectivity index (χ1) is 8.04. The van der Waals surface area contributed by atoms with Gasteiger partial charge in [0.25, 0.3) is 0 Å². The van der Waals surface area contributed by atoms with E-state index in [9.17, 15) is 15.0 Å². The Bertz CT molecular complexity index is 469. The Hall–Kier alpha value is -1.05. The largest absolute Gasteiger partial charge is 0.389 e. The van der Waals surface area contributed by atoms with E-state index < -0.39 is 28.5 Å². The molecule has 0 unspecified atom stereocenters. The van der Waals surface area contributed by atoms with Crippen molar-refractivity contribution in [3.05, 3.63) is 22.7 Å². The lowest BCUT2D eigenvalue weighted by Gasteiger charge is -2.17. The van der Waals surface area contributed by atoms with E-state index in [0.29, 0.717) is 0 Å². The number of anilines is 1. The predicted octanol–water partition coefficient (Wildman–Crippen LogP) is -0.819. The van der Waals surface area contributed by atoms with E-state index in [2.05, 4.69) is 4.98 Å². The Kier molecular flexibility index (Phi) is 2.58. The number of nitrogens with zero attached hydrogens (tertiary/aromatic N) is 2. The van der Waals surface area contributed by atoms with Gasteiger partial charge in [-0.05, 0) is 6.07 Å². The molecule has 0 aliphatic carbocycles. The first-order valence-corrected chi connectivity index (χ1v) is 5.64. The van der Waals surface area contributed by atoms with Crippen LogP contribution in [0.4, 0.5) is 5.82 Å². The van der Waals surface area contributed by atoms with Crippen molar-refractivity contribution >= 4 is 17.6 Å². The average Bonchev–Trinajstić information content (AvgIpc) is 2.57. The molecule has 7 heteroatoms. The minimum Gasteiger partial charge on any atom is -0.389 e.